The minimum Gasteiger partial charge on any atom is -0.379 e. The molecule has 8 nitrogen and oxygen atoms in total. The molecule has 1 fully saturated rings. The number of fused-ring (bicyclic) bond motifs is 1. The Kier molecular flexibility index (Phi) is 6.52. The number of sulfonamides is 1. The van der Waals surface area contributed by atoms with Crippen molar-refractivity contribution in [2.75, 3.05) is 31.2 Å². The molecule has 4 rings (SSSR count). The lowest BCUT2D eigenvalue weighted by Gasteiger charge is -2.26. The van der Waals surface area contributed by atoms with Crippen LogP contribution in [0, 0.1) is 0 Å². The van der Waals surface area contributed by atoms with E-state index in [-0.39, 0.29) is 29.7 Å². The maximum atomic E-state index is 13.0. The average molecular weight is 478 g/mol. The van der Waals surface area contributed by atoms with Gasteiger partial charge in [-0.25, -0.2) is 8.42 Å². The highest BCUT2D eigenvalue weighted by Crippen LogP contribution is 2.35. The van der Waals surface area contributed by atoms with Crippen molar-refractivity contribution < 1.29 is 22.7 Å². The van der Waals surface area contributed by atoms with E-state index < -0.39 is 16.1 Å². The molecule has 170 valence electrons. The SMILES string of the molecule is CC(=O)N1c2ccc(S(=O)(=O)N3CCOCC3)cc2CC1C(=O)NCc1cccc(Cl)c1. The van der Waals surface area contributed by atoms with E-state index in [1.54, 1.807) is 30.3 Å². The normalized spacial score (nSPS) is 18.9. The van der Waals surface area contributed by atoms with Crippen LogP contribution in [-0.2, 0) is 37.3 Å². The monoisotopic (exact) mass is 477 g/mol. The van der Waals surface area contributed by atoms with Gasteiger partial charge in [0, 0.05) is 43.7 Å². The van der Waals surface area contributed by atoms with E-state index in [4.69, 9.17) is 16.3 Å². The van der Waals surface area contributed by atoms with Crippen LogP contribution in [0.5, 0.6) is 0 Å². The van der Waals surface area contributed by atoms with Gasteiger partial charge < -0.3 is 10.1 Å². The number of carbonyl (C=O) groups excluding carboxylic acids is 2. The molecule has 2 heterocycles. The van der Waals surface area contributed by atoms with E-state index in [0.717, 1.165) is 5.56 Å². The van der Waals surface area contributed by atoms with Gasteiger partial charge in [0.05, 0.1) is 18.1 Å². The van der Waals surface area contributed by atoms with Crippen molar-refractivity contribution in [3.63, 3.8) is 0 Å². The number of ether oxygens (including phenoxy) is 1. The zero-order valence-corrected chi connectivity index (χ0v) is 19.2. The van der Waals surface area contributed by atoms with Crippen molar-refractivity contribution in [1.29, 1.82) is 0 Å². The van der Waals surface area contributed by atoms with Crippen molar-refractivity contribution in [3.05, 3.63) is 58.6 Å². The molecule has 2 amide bonds. The third-order valence-corrected chi connectivity index (χ3v) is 7.77. The summed E-state index contributed by atoms with van der Waals surface area (Å²) in [4.78, 5) is 26.9. The van der Waals surface area contributed by atoms with Crippen molar-refractivity contribution in [3.8, 4) is 0 Å². The first-order chi connectivity index (χ1) is 15.3. The second-order valence-electron chi connectivity index (χ2n) is 7.76. The van der Waals surface area contributed by atoms with Gasteiger partial charge in [0.25, 0.3) is 0 Å². The number of nitrogens with one attached hydrogen (secondary N) is 1. The number of morpholine rings is 1. The fourth-order valence-corrected chi connectivity index (χ4v) is 5.75. The molecule has 2 aromatic carbocycles. The van der Waals surface area contributed by atoms with Crippen LogP contribution in [0.2, 0.25) is 5.02 Å². The first-order valence-electron chi connectivity index (χ1n) is 10.3. The van der Waals surface area contributed by atoms with E-state index in [2.05, 4.69) is 5.32 Å². The molecule has 10 heteroatoms. The molecule has 32 heavy (non-hydrogen) atoms. The smallest absolute Gasteiger partial charge is 0.243 e. The van der Waals surface area contributed by atoms with Gasteiger partial charge in [-0.2, -0.15) is 4.31 Å². The van der Waals surface area contributed by atoms with Crippen LogP contribution in [0.4, 0.5) is 5.69 Å². The van der Waals surface area contributed by atoms with Crippen LogP contribution in [-0.4, -0.2) is 56.9 Å². The summed E-state index contributed by atoms with van der Waals surface area (Å²) >= 11 is 6.00. The number of rotatable bonds is 5. The molecule has 0 saturated carbocycles. The van der Waals surface area contributed by atoms with E-state index in [0.29, 0.717) is 42.6 Å². The Labute approximate surface area is 192 Å². The van der Waals surface area contributed by atoms with Gasteiger partial charge >= 0.3 is 0 Å². The molecule has 2 aliphatic heterocycles. The zero-order chi connectivity index (χ0) is 22.9. The van der Waals surface area contributed by atoms with Gasteiger partial charge in [-0.05, 0) is 41.5 Å². The summed E-state index contributed by atoms with van der Waals surface area (Å²) in [5, 5.41) is 3.43. The number of benzene rings is 2. The van der Waals surface area contributed by atoms with Crippen molar-refractivity contribution >= 4 is 39.1 Å². The topological polar surface area (TPSA) is 96.0 Å². The largest absolute Gasteiger partial charge is 0.379 e. The molecule has 1 saturated heterocycles. The molecule has 0 spiro atoms. The van der Waals surface area contributed by atoms with Gasteiger partial charge in [0.2, 0.25) is 21.8 Å². The van der Waals surface area contributed by atoms with Crippen molar-refractivity contribution in [1.82, 2.24) is 9.62 Å². The van der Waals surface area contributed by atoms with Gasteiger partial charge in [0.1, 0.15) is 6.04 Å². The zero-order valence-electron chi connectivity index (χ0n) is 17.6. The molecule has 0 bridgehead atoms. The predicted molar refractivity (Wildman–Crippen MR) is 120 cm³/mol. The number of anilines is 1. The van der Waals surface area contributed by atoms with E-state index in [1.165, 1.54) is 22.2 Å². The second-order valence-corrected chi connectivity index (χ2v) is 10.1. The molecular weight excluding hydrogens is 454 g/mol. The van der Waals surface area contributed by atoms with Crippen LogP contribution in [0.25, 0.3) is 0 Å². The average Bonchev–Trinajstić information content (AvgIpc) is 3.17. The number of hydrogen-bond acceptors (Lipinski definition) is 5. The van der Waals surface area contributed by atoms with E-state index >= 15 is 0 Å². The molecule has 0 radical (unpaired) electrons. The van der Waals surface area contributed by atoms with E-state index in [9.17, 15) is 18.0 Å². The Bertz CT molecular complexity index is 1150. The summed E-state index contributed by atoms with van der Waals surface area (Å²) in [7, 11) is -3.67. The Morgan fingerprint density at radius 1 is 1.16 bits per heavy atom. The highest BCUT2D eigenvalue weighted by atomic mass is 35.5. The number of hydrogen-bond donors (Lipinski definition) is 1. The first-order valence-corrected chi connectivity index (χ1v) is 12.1. The summed E-state index contributed by atoms with van der Waals surface area (Å²) in [5.74, 6) is -0.593. The Morgan fingerprint density at radius 2 is 1.91 bits per heavy atom. The molecule has 1 atom stereocenters. The third kappa shape index (κ3) is 4.52. The summed E-state index contributed by atoms with van der Waals surface area (Å²) in [6, 6.07) is 11.1. The minimum atomic E-state index is -3.67. The third-order valence-electron chi connectivity index (χ3n) is 5.64. The molecule has 1 N–H and O–H groups in total. The Morgan fingerprint density at radius 3 is 2.59 bits per heavy atom. The fourth-order valence-electron chi connectivity index (χ4n) is 4.08. The fraction of sp³-hybridized carbons (Fsp3) is 0.364. The Balaban J connectivity index is 1.55. The summed E-state index contributed by atoms with van der Waals surface area (Å²) in [6.07, 6.45) is 0.239. The number of carbonyl (C=O) groups is 2. The minimum absolute atomic E-state index is 0.154. The van der Waals surface area contributed by atoms with E-state index in [1.807, 2.05) is 6.07 Å². The predicted octanol–water partition coefficient (Wildman–Crippen LogP) is 1.95. The molecular formula is C22H24ClN3O5S. The lowest BCUT2D eigenvalue weighted by molar-refractivity contribution is -0.125. The maximum Gasteiger partial charge on any atom is 0.243 e. The van der Waals surface area contributed by atoms with Gasteiger partial charge in [0.15, 0.2) is 0 Å². The highest BCUT2D eigenvalue weighted by Gasteiger charge is 2.38. The highest BCUT2D eigenvalue weighted by molar-refractivity contribution is 7.89. The lowest BCUT2D eigenvalue weighted by atomic mass is 10.1. The molecule has 0 aromatic heterocycles. The molecule has 1 unspecified atom stereocenters. The van der Waals surface area contributed by atoms with Gasteiger partial charge in [-0.3, -0.25) is 14.5 Å². The second kappa shape index (κ2) is 9.19. The van der Waals surface area contributed by atoms with Crippen LogP contribution >= 0.6 is 11.6 Å². The number of nitrogens with zero attached hydrogens (tertiary/aromatic N) is 2. The number of amides is 2. The molecule has 2 aromatic rings. The summed E-state index contributed by atoms with van der Waals surface area (Å²) < 4.78 is 32.6. The van der Waals surface area contributed by atoms with Gasteiger partial charge in [-0.15, -0.1) is 0 Å². The Hall–Kier alpha value is -2.46. The lowest BCUT2D eigenvalue weighted by Crippen LogP contribution is -2.47. The molecule has 2 aliphatic rings. The first kappa shape index (κ1) is 22.7. The van der Waals surface area contributed by atoms with Crippen molar-refractivity contribution in [2.24, 2.45) is 0 Å². The summed E-state index contributed by atoms with van der Waals surface area (Å²) in [6.45, 7) is 2.98. The van der Waals surface area contributed by atoms with Crippen LogP contribution in [0.1, 0.15) is 18.1 Å². The van der Waals surface area contributed by atoms with Crippen LogP contribution in [0.3, 0.4) is 0 Å². The number of halogens is 1. The maximum absolute atomic E-state index is 13.0. The standard InChI is InChI=1S/C22H24ClN3O5S/c1-15(27)26-20-6-5-19(32(29,30)25-7-9-31-10-8-25)12-17(20)13-21(26)22(28)24-14-16-3-2-4-18(23)11-16/h2-6,11-12,21H,7-10,13-14H2,1H3,(H,24,28). The quantitative estimate of drug-likeness (QED) is 0.710. The van der Waals surface area contributed by atoms with Crippen LogP contribution < -0.4 is 10.2 Å². The summed E-state index contributed by atoms with van der Waals surface area (Å²) in [5.41, 5.74) is 2.05. The molecule has 0 aliphatic carbocycles. The van der Waals surface area contributed by atoms with Crippen LogP contribution in [0.15, 0.2) is 47.4 Å². The van der Waals surface area contributed by atoms with Gasteiger partial charge in [-0.1, -0.05) is 23.7 Å². The van der Waals surface area contributed by atoms with Crippen molar-refractivity contribution in [2.45, 2.75) is 30.8 Å².